The Labute approximate surface area is 125 Å². The van der Waals surface area contributed by atoms with E-state index in [1.807, 2.05) is 6.92 Å². The van der Waals surface area contributed by atoms with Crippen molar-refractivity contribution in [1.29, 1.82) is 0 Å². The molecule has 0 aliphatic heterocycles. The van der Waals surface area contributed by atoms with Crippen LogP contribution < -0.4 is 10.5 Å². The van der Waals surface area contributed by atoms with Gasteiger partial charge in [0.25, 0.3) is 0 Å². The topological polar surface area (TPSA) is 77.1 Å². The van der Waals surface area contributed by atoms with Crippen LogP contribution in [0.25, 0.3) is 0 Å². The van der Waals surface area contributed by atoms with Crippen LogP contribution in [0.3, 0.4) is 0 Å². The molecule has 1 aromatic carbocycles. The smallest absolute Gasteiger partial charge is 0.238 e. The van der Waals surface area contributed by atoms with E-state index >= 15 is 0 Å². The predicted molar refractivity (Wildman–Crippen MR) is 83.2 cm³/mol. The van der Waals surface area contributed by atoms with Gasteiger partial charge in [-0.2, -0.15) is 0 Å². The number of aryl methyl sites for hydroxylation is 1. The SMILES string of the molecule is CCn1ccc(CNC(C)c2ccc(S(N)(=O)=O)cc2)c1. The van der Waals surface area contributed by atoms with E-state index in [-0.39, 0.29) is 10.9 Å². The summed E-state index contributed by atoms with van der Waals surface area (Å²) in [5.41, 5.74) is 2.25. The molecule has 0 aliphatic rings. The summed E-state index contributed by atoms with van der Waals surface area (Å²) in [6, 6.07) is 8.87. The molecule has 0 amide bonds. The molecule has 2 rings (SSSR count). The Morgan fingerprint density at radius 1 is 1.24 bits per heavy atom. The first-order valence-corrected chi connectivity index (χ1v) is 8.45. The van der Waals surface area contributed by atoms with Crippen LogP contribution in [0.4, 0.5) is 0 Å². The van der Waals surface area contributed by atoms with Crippen molar-refractivity contribution in [2.24, 2.45) is 5.14 Å². The number of sulfonamides is 1. The largest absolute Gasteiger partial charge is 0.354 e. The summed E-state index contributed by atoms with van der Waals surface area (Å²) in [6.07, 6.45) is 4.17. The summed E-state index contributed by atoms with van der Waals surface area (Å²) in [5.74, 6) is 0. The molecule has 0 fully saturated rings. The summed E-state index contributed by atoms with van der Waals surface area (Å²) in [5, 5.41) is 8.50. The molecule has 0 bridgehead atoms. The molecule has 0 spiro atoms. The van der Waals surface area contributed by atoms with Gasteiger partial charge in [0.15, 0.2) is 0 Å². The molecule has 0 saturated carbocycles. The van der Waals surface area contributed by atoms with Gasteiger partial charge in [-0.1, -0.05) is 12.1 Å². The minimum atomic E-state index is -3.62. The molecule has 3 N–H and O–H groups in total. The Hall–Kier alpha value is -1.63. The Morgan fingerprint density at radius 3 is 2.43 bits per heavy atom. The fourth-order valence-electron chi connectivity index (χ4n) is 2.13. The first kappa shape index (κ1) is 15.8. The highest BCUT2D eigenvalue weighted by Crippen LogP contribution is 2.16. The Bertz CT molecular complexity index is 690. The minimum Gasteiger partial charge on any atom is -0.354 e. The summed E-state index contributed by atoms with van der Waals surface area (Å²) in [6.45, 7) is 5.88. The van der Waals surface area contributed by atoms with E-state index in [1.54, 1.807) is 12.1 Å². The third-order valence-electron chi connectivity index (χ3n) is 3.50. The quantitative estimate of drug-likeness (QED) is 0.857. The van der Waals surface area contributed by atoms with Crippen LogP contribution in [0, 0.1) is 0 Å². The number of hydrogen-bond acceptors (Lipinski definition) is 3. The van der Waals surface area contributed by atoms with Crippen molar-refractivity contribution in [3.63, 3.8) is 0 Å². The van der Waals surface area contributed by atoms with Crippen molar-refractivity contribution in [2.75, 3.05) is 0 Å². The molecular weight excluding hydrogens is 286 g/mol. The number of primary sulfonamides is 1. The van der Waals surface area contributed by atoms with Crippen molar-refractivity contribution in [1.82, 2.24) is 9.88 Å². The summed E-state index contributed by atoms with van der Waals surface area (Å²) in [7, 11) is -3.62. The van der Waals surface area contributed by atoms with Crippen molar-refractivity contribution in [2.45, 2.75) is 37.9 Å². The van der Waals surface area contributed by atoms with E-state index in [1.165, 1.54) is 17.7 Å². The number of rotatable bonds is 6. The summed E-state index contributed by atoms with van der Waals surface area (Å²) in [4.78, 5) is 0.137. The highest BCUT2D eigenvalue weighted by atomic mass is 32.2. The van der Waals surface area contributed by atoms with Crippen LogP contribution in [0.1, 0.15) is 31.0 Å². The van der Waals surface area contributed by atoms with Crippen LogP contribution in [0.5, 0.6) is 0 Å². The molecule has 2 aromatic rings. The average molecular weight is 307 g/mol. The van der Waals surface area contributed by atoms with Gasteiger partial charge < -0.3 is 9.88 Å². The van der Waals surface area contributed by atoms with E-state index in [4.69, 9.17) is 5.14 Å². The van der Waals surface area contributed by atoms with Crippen LogP contribution in [-0.4, -0.2) is 13.0 Å². The number of nitrogens with two attached hydrogens (primary N) is 1. The van der Waals surface area contributed by atoms with Crippen molar-refractivity contribution in [3.8, 4) is 0 Å². The lowest BCUT2D eigenvalue weighted by molar-refractivity contribution is 0.573. The van der Waals surface area contributed by atoms with Gasteiger partial charge in [-0.25, -0.2) is 13.6 Å². The average Bonchev–Trinajstić information content (AvgIpc) is 2.92. The lowest BCUT2D eigenvalue weighted by Gasteiger charge is -2.14. The van der Waals surface area contributed by atoms with Crippen LogP contribution >= 0.6 is 0 Å². The second-order valence-electron chi connectivity index (χ2n) is 5.07. The zero-order chi connectivity index (χ0) is 15.5. The molecule has 0 aliphatic carbocycles. The van der Waals surface area contributed by atoms with Gasteiger partial charge >= 0.3 is 0 Å². The minimum absolute atomic E-state index is 0.129. The van der Waals surface area contributed by atoms with Gasteiger partial charge in [0.2, 0.25) is 10.0 Å². The third-order valence-corrected chi connectivity index (χ3v) is 4.43. The molecule has 1 aromatic heterocycles. The fraction of sp³-hybridized carbons (Fsp3) is 0.333. The third kappa shape index (κ3) is 4.17. The Kier molecular flexibility index (Phi) is 4.82. The van der Waals surface area contributed by atoms with Crippen LogP contribution in [-0.2, 0) is 23.1 Å². The van der Waals surface area contributed by atoms with Crippen molar-refractivity contribution < 1.29 is 8.42 Å². The Morgan fingerprint density at radius 2 is 1.90 bits per heavy atom. The second-order valence-corrected chi connectivity index (χ2v) is 6.63. The maximum absolute atomic E-state index is 11.2. The van der Waals surface area contributed by atoms with Gasteiger partial charge in [0.1, 0.15) is 0 Å². The van der Waals surface area contributed by atoms with Gasteiger partial charge in [0.05, 0.1) is 4.90 Å². The monoisotopic (exact) mass is 307 g/mol. The van der Waals surface area contributed by atoms with Gasteiger partial charge in [-0.15, -0.1) is 0 Å². The van der Waals surface area contributed by atoms with Gasteiger partial charge in [-0.05, 0) is 43.2 Å². The molecule has 6 heteroatoms. The molecule has 1 heterocycles. The van der Waals surface area contributed by atoms with E-state index < -0.39 is 10.0 Å². The first-order valence-electron chi connectivity index (χ1n) is 6.91. The van der Waals surface area contributed by atoms with Gasteiger partial charge in [0, 0.05) is 31.5 Å². The van der Waals surface area contributed by atoms with Gasteiger partial charge in [-0.3, -0.25) is 0 Å². The Balaban J connectivity index is 1.98. The van der Waals surface area contributed by atoms with E-state index in [0.717, 1.165) is 18.7 Å². The standard InChI is InChI=1S/C15H21N3O2S/c1-3-18-9-8-13(11-18)10-17-12(2)14-4-6-15(7-5-14)21(16,19)20/h4-9,11-12,17H,3,10H2,1-2H3,(H2,16,19,20). The van der Waals surface area contributed by atoms with Crippen molar-refractivity contribution in [3.05, 3.63) is 53.9 Å². The van der Waals surface area contributed by atoms with Crippen molar-refractivity contribution >= 4 is 10.0 Å². The number of nitrogens with one attached hydrogen (secondary N) is 1. The normalized spacial score (nSPS) is 13.3. The molecule has 114 valence electrons. The zero-order valence-corrected chi connectivity index (χ0v) is 13.1. The number of nitrogens with zero attached hydrogens (tertiary/aromatic N) is 1. The lowest BCUT2D eigenvalue weighted by Crippen LogP contribution is -2.18. The summed E-state index contributed by atoms with van der Waals surface area (Å²) >= 11 is 0. The first-order chi connectivity index (χ1) is 9.90. The molecule has 1 atom stereocenters. The number of benzene rings is 1. The molecule has 0 radical (unpaired) electrons. The number of aromatic nitrogens is 1. The van der Waals surface area contributed by atoms with Crippen LogP contribution in [0.2, 0.25) is 0 Å². The molecule has 1 unspecified atom stereocenters. The molecule has 21 heavy (non-hydrogen) atoms. The predicted octanol–water partition coefficient (Wildman–Crippen LogP) is 2.01. The van der Waals surface area contributed by atoms with E-state index in [0.29, 0.717) is 0 Å². The maximum atomic E-state index is 11.2. The van der Waals surface area contributed by atoms with E-state index in [9.17, 15) is 8.42 Å². The van der Waals surface area contributed by atoms with E-state index in [2.05, 4.69) is 35.3 Å². The summed E-state index contributed by atoms with van der Waals surface area (Å²) < 4.78 is 24.6. The molecule has 0 saturated heterocycles. The van der Waals surface area contributed by atoms with Crippen LogP contribution in [0.15, 0.2) is 47.6 Å². The highest BCUT2D eigenvalue weighted by Gasteiger charge is 2.09. The maximum Gasteiger partial charge on any atom is 0.238 e. The second kappa shape index (κ2) is 6.43. The molecule has 5 nitrogen and oxygen atoms in total. The fourth-order valence-corrected chi connectivity index (χ4v) is 2.64. The lowest BCUT2D eigenvalue weighted by atomic mass is 10.1. The zero-order valence-electron chi connectivity index (χ0n) is 12.3. The highest BCUT2D eigenvalue weighted by molar-refractivity contribution is 7.89. The molecular formula is C15H21N3O2S. The number of hydrogen-bond donors (Lipinski definition) is 2.